The first-order valence-electron chi connectivity index (χ1n) is 3.60. The van der Waals surface area contributed by atoms with E-state index >= 15 is 0 Å². The van der Waals surface area contributed by atoms with Gasteiger partial charge < -0.3 is 0 Å². The summed E-state index contributed by atoms with van der Waals surface area (Å²) in [5, 5.41) is 8.59. The number of alkyl halides is 2. The standard InChI is InChI=1S/C7H2BrClF2N2O2S/c8-4-3(1-12)2-13-5(7(10)11)6(4)16(9,14)15/h2,7H. The molecule has 4 nitrogen and oxygen atoms in total. The fourth-order valence-corrected chi connectivity index (χ4v) is 3.45. The largest absolute Gasteiger partial charge is 0.281 e. The molecule has 0 aliphatic heterocycles. The van der Waals surface area contributed by atoms with Gasteiger partial charge in [-0.2, -0.15) is 5.26 Å². The van der Waals surface area contributed by atoms with Crippen LogP contribution in [0, 0.1) is 11.3 Å². The molecule has 9 heteroatoms. The minimum Gasteiger partial charge on any atom is -0.252 e. The highest BCUT2D eigenvalue weighted by molar-refractivity contribution is 9.10. The van der Waals surface area contributed by atoms with Gasteiger partial charge in [0.1, 0.15) is 16.7 Å². The van der Waals surface area contributed by atoms with Crippen LogP contribution in [-0.2, 0) is 9.05 Å². The summed E-state index contributed by atoms with van der Waals surface area (Å²) >= 11 is 2.74. The predicted octanol–water partition coefficient (Wildman–Crippen LogP) is 2.58. The summed E-state index contributed by atoms with van der Waals surface area (Å²) in [5.74, 6) is 0. The molecular weight excluding hydrogens is 330 g/mol. The van der Waals surface area contributed by atoms with Gasteiger partial charge in [-0.3, -0.25) is 4.98 Å². The molecule has 0 fully saturated rings. The maximum absolute atomic E-state index is 12.5. The molecule has 1 aromatic heterocycles. The molecule has 0 aromatic carbocycles. The predicted molar refractivity (Wildman–Crippen MR) is 54.6 cm³/mol. The Kier molecular flexibility index (Phi) is 3.83. The third-order valence-corrected chi connectivity index (χ3v) is 4.02. The van der Waals surface area contributed by atoms with E-state index in [1.165, 1.54) is 0 Å². The third-order valence-electron chi connectivity index (χ3n) is 1.57. The Morgan fingerprint density at radius 3 is 2.50 bits per heavy atom. The van der Waals surface area contributed by atoms with Crippen LogP contribution in [0.2, 0.25) is 0 Å². The molecule has 1 rings (SSSR count). The molecule has 0 spiro atoms. The molecule has 0 aliphatic rings. The van der Waals surface area contributed by atoms with Crippen molar-refractivity contribution in [1.29, 1.82) is 5.26 Å². The summed E-state index contributed by atoms with van der Waals surface area (Å²) in [7, 11) is 0.591. The number of nitrogens with zero attached hydrogens (tertiary/aromatic N) is 2. The van der Waals surface area contributed by atoms with Crippen LogP contribution in [0.3, 0.4) is 0 Å². The Morgan fingerprint density at radius 1 is 1.56 bits per heavy atom. The minimum absolute atomic E-state index is 0.191. The number of halogens is 4. The van der Waals surface area contributed by atoms with Crippen molar-refractivity contribution >= 4 is 35.7 Å². The highest BCUT2D eigenvalue weighted by atomic mass is 79.9. The molecular formula is C7H2BrClF2N2O2S. The van der Waals surface area contributed by atoms with Crippen LogP contribution >= 0.6 is 26.6 Å². The third kappa shape index (κ3) is 2.48. The summed E-state index contributed by atoms with van der Waals surface area (Å²) < 4.78 is 46.9. The normalized spacial score (nSPS) is 11.5. The summed E-state index contributed by atoms with van der Waals surface area (Å²) in [6.45, 7) is 0. The molecule has 0 bridgehead atoms. The number of rotatable bonds is 2. The second kappa shape index (κ2) is 4.61. The second-order valence-electron chi connectivity index (χ2n) is 2.55. The highest BCUT2D eigenvalue weighted by Crippen LogP contribution is 2.34. The molecule has 0 unspecified atom stereocenters. The zero-order valence-corrected chi connectivity index (χ0v) is 10.4. The van der Waals surface area contributed by atoms with Gasteiger partial charge in [0.25, 0.3) is 15.5 Å². The highest BCUT2D eigenvalue weighted by Gasteiger charge is 2.28. The van der Waals surface area contributed by atoms with Crippen molar-refractivity contribution in [1.82, 2.24) is 4.98 Å². The van der Waals surface area contributed by atoms with Crippen LogP contribution in [-0.4, -0.2) is 13.4 Å². The number of pyridine rings is 1. The maximum atomic E-state index is 12.5. The van der Waals surface area contributed by atoms with Gasteiger partial charge in [-0.05, 0) is 15.9 Å². The topological polar surface area (TPSA) is 70.8 Å². The number of nitriles is 1. The molecule has 16 heavy (non-hydrogen) atoms. The molecule has 0 saturated heterocycles. The molecule has 0 atom stereocenters. The van der Waals surface area contributed by atoms with Gasteiger partial charge >= 0.3 is 0 Å². The van der Waals surface area contributed by atoms with Crippen molar-refractivity contribution in [2.24, 2.45) is 0 Å². The molecule has 0 radical (unpaired) electrons. The maximum Gasteiger partial charge on any atom is 0.281 e. The molecule has 1 heterocycles. The van der Waals surface area contributed by atoms with Gasteiger partial charge in [0.2, 0.25) is 0 Å². The van der Waals surface area contributed by atoms with Gasteiger partial charge in [0.05, 0.1) is 10.0 Å². The van der Waals surface area contributed by atoms with Crippen molar-refractivity contribution in [2.45, 2.75) is 11.3 Å². The first-order valence-corrected chi connectivity index (χ1v) is 6.70. The smallest absolute Gasteiger partial charge is 0.252 e. The lowest BCUT2D eigenvalue weighted by molar-refractivity contribution is 0.142. The van der Waals surface area contributed by atoms with Crippen LogP contribution in [0.4, 0.5) is 8.78 Å². The summed E-state index contributed by atoms with van der Waals surface area (Å²) in [4.78, 5) is 2.34. The number of hydrogen-bond acceptors (Lipinski definition) is 4. The van der Waals surface area contributed by atoms with Crippen molar-refractivity contribution in [3.63, 3.8) is 0 Å². The van der Waals surface area contributed by atoms with E-state index in [9.17, 15) is 17.2 Å². The lowest BCUT2D eigenvalue weighted by Gasteiger charge is -2.07. The first kappa shape index (κ1) is 13.3. The summed E-state index contributed by atoms with van der Waals surface area (Å²) in [6, 6.07) is 1.60. The summed E-state index contributed by atoms with van der Waals surface area (Å²) in [5.41, 5.74) is -1.18. The van der Waals surface area contributed by atoms with E-state index in [1.807, 2.05) is 0 Å². The van der Waals surface area contributed by atoms with Crippen LogP contribution in [0.5, 0.6) is 0 Å². The Hall–Kier alpha value is -0.780. The van der Waals surface area contributed by atoms with E-state index in [0.29, 0.717) is 0 Å². The van der Waals surface area contributed by atoms with Gasteiger partial charge in [-0.15, -0.1) is 0 Å². The van der Waals surface area contributed by atoms with Crippen LogP contribution in [0.25, 0.3) is 0 Å². The van der Waals surface area contributed by atoms with E-state index in [-0.39, 0.29) is 10.0 Å². The Labute approximate surface area is 102 Å². The van der Waals surface area contributed by atoms with Gasteiger partial charge in [-0.1, -0.05) is 0 Å². The average molecular weight is 332 g/mol. The van der Waals surface area contributed by atoms with Crippen molar-refractivity contribution in [2.75, 3.05) is 0 Å². The van der Waals surface area contributed by atoms with Crippen molar-refractivity contribution in [3.05, 3.63) is 21.9 Å². The van der Waals surface area contributed by atoms with Gasteiger partial charge in [0.15, 0.2) is 0 Å². The zero-order chi connectivity index (χ0) is 12.5. The Bertz CT molecular complexity index is 570. The van der Waals surface area contributed by atoms with Crippen molar-refractivity contribution in [3.8, 4) is 6.07 Å². The molecule has 0 aliphatic carbocycles. The van der Waals surface area contributed by atoms with Gasteiger partial charge in [0, 0.05) is 16.9 Å². The Morgan fingerprint density at radius 2 is 2.12 bits per heavy atom. The van der Waals surface area contributed by atoms with Crippen LogP contribution in [0.15, 0.2) is 15.6 Å². The molecule has 0 N–H and O–H groups in total. The second-order valence-corrected chi connectivity index (χ2v) is 5.85. The molecule has 1 aromatic rings. The Balaban J connectivity index is 3.72. The molecule has 86 valence electrons. The summed E-state index contributed by atoms with van der Waals surface area (Å²) in [6.07, 6.45) is -2.26. The SMILES string of the molecule is N#Cc1cnc(C(F)F)c(S(=O)(=O)Cl)c1Br. The quantitative estimate of drug-likeness (QED) is 0.781. The molecule has 0 saturated carbocycles. The van der Waals surface area contributed by atoms with Crippen LogP contribution in [0.1, 0.15) is 17.7 Å². The van der Waals surface area contributed by atoms with Gasteiger partial charge in [-0.25, -0.2) is 17.2 Å². The van der Waals surface area contributed by atoms with E-state index in [1.54, 1.807) is 6.07 Å². The van der Waals surface area contributed by atoms with Crippen molar-refractivity contribution < 1.29 is 17.2 Å². The van der Waals surface area contributed by atoms with E-state index < -0.39 is 26.1 Å². The fourth-order valence-electron chi connectivity index (χ4n) is 0.949. The number of hydrogen-bond donors (Lipinski definition) is 0. The average Bonchev–Trinajstić information content (AvgIpc) is 2.14. The van der Waals surface area contributed by atoms with Crippen LogP contribution < -0.4 is 0 Å². The minimum atomic E-state index is -4.41. The lowest BCUT2D eigenvalue weighted by atomic mass is 10.2. The zero-order valence-electron chi connectivity index (χ0n) is 7.29. The molecule has 0 amide bonds. The van der Waals surface area contributed by atoms with E-state index in [0.717, 1.165) is 6.20 Å². The lowest BCUT2D eigenvalue weighted by Crippen LogP contribution is -2.04. The van der Waals surface area contributed by atoms with E-state index in [4.69, 9.17) is 15.9 Å². The van der Waals surface area contributed by atoms with E-state index in [2.05, 4.69) is 20.9 Å². The number of aromatic nitrogens is 1. The monoisotopic (exact) mass is 330 g/mol. The first-order chi connectivity index (χ1) is 7.29. The fraction of sp³-hybridized carbons (Fsp3) is 0.143.